The van der Waals surface area contributed by atoms with E-state index in [4.69, 9.17) is 17.3 Å². The number of hydrogen-bond acceptors (Lipinski definition) is 2. The minimum Gasteiger partial charge on any atom is -0.370 e. The first-order valence-electron chi connectivity index (χ1n) is 7.21. The van der Waals surface area contributed by atoms with Crippen molar-refractivity contribution in [3.05, 3.63) is 34.9 Å². The number of guanidine groups is 1. The zero-order valence-electron chi connectivity index (χ0n) is 12.0. The summed E-state index contributed by atoms with van der Waals surface area (Å²) in [6.45, 7) is 5.97. The molecule has 2 rings (SSSR count). The number of benzene rings is 1. The largest absolute Gasteiger partial charge is 0.370 e. The van der Waals surface area contributed by atoms with E-state index in [0.717, 1.165) is 23.7 Å². The number of halogens is 1. The van der Waals surface area contributed by atoms with Crippen LogP contribution in [0.3, 0.4) is 0 Å². The highest BCUT2D eigenvalue weighted by atomic mass is 35.5. The van der Waals surface area contributed by atoms with Gasteiger partial charge in [-0.1, -0.05) is 30.7 Å². The zero-order chi connectivity index (χ0) is 14.4. The third-order valence-electron chi connectivity index (χ3n) is 3.77. The Labute approximate surface area is 126 Å². The second kappa shape index (κ2) is 7.50. The monoisotopic (exact) mass is 294 g/mol. The number of nitrogens with two attached hydrogens (primary N) is 1. The number of nitrogens with zero attached hydrogens (tertiary/aromatic N) is 2. The van der Waals surface area contributed by atoms with Gasteiger partial charge in [0.15, 0.2) is 5.96 Å². The van der Waals surface area contributed by atoms with Gasteiger partial charge in [-0.15, -0.1) is 0 Å². The Kier molecular flexibility index (Phi) is 5.68. The molecule has 0 aliphatic carbocycles. The molecule has 1 saturated heterocycles. The van der Waals surface area contributed by atoms with E-state index in [1.807, 2.05) is 24.3 Å². The number of likely N-dealkylation sites (N-methyl/N-ethyl adjacent to an activating group) is 1. The van der Waals surface area contributed by atoms with Gasteiger partial charge in [0.2, 0.25) is 0 Å². The van der Waals surface area contributed by atoms with Crippen molar-refractivity contribution in [3.63, 3.8) is 0 Å². The van der Waals surface area contributed by atoms with Gasteiger partial charge in [-0.3, -0.25) is 4.90 Å². The van der Waals surface area contributed by atoms with E-state index in [9.17, 15) is 0 Å². The Balaban J connectivity index is 1.77. The standard InChI is InChI=1S/C15H23ClN4/c1-2-20-9-3-4-14(20)11-19-15(17)18-10-12-5-7-13(16)8-6-12/h5-8,14H,2-4,9-11H2,1H3,(H3,17,18,19). The summed E-state index contributed by atoms with van der Waals surface area (Å²) < 4.78 is 0. The van der Waals surface area contributed by atoms with Crippen LogP contribution in [-0.4, -0.2) is 36.5 Å². The van der Waals surface area contributed by atoms with Crippen molar-refractivity contribution >= 4 is 17.6 Å². The van der Waals surface area contributed by atoms with Gasteiger partial charge < -0.3 is 11.1 Å². The number of likely N-dealkylation sites (tertiary alicyclic amines) is 1. The summed E-state index contributed by atoms with van der Waals surface area (Å²) in [4.78, 5) is 6.84. The highest BCUT2D eigenvalue weighted by molar-refractivity contribution is 6.30. The molecule has 0 amide bonds. The third kappa shape index (κ3) is 4.39. The average Bonchev–Trinajstić information content (AvgIpc) is 2.92. The van der Waals surface area contributed by atoms with Crippen molar-refractivity contribution in [3.8, 4) is 0 Å². The Bertz CT molecular complexity index is 444. The molecule has 1 atom stereocenters. The van der Waals surface area contributed by atoms with Crippen LogP contribution in [0.2, 0.25) is 5.02 Å². The predicted molar refractivity (Wildman–Crippen MR) is 85.1 cm³/mol. The summed E-state index contributed by atoms with van der Waals surface area (Å²) in [6.07, 6.45) is 2.52. The molecule has 1 fully saturated rings. The van der Waals surface area contributed by atoms with Crippen LogP contribution < -0.4 is 11.1 Å². The van der Waals surface area contributed by atoms with E-state index in [1.54, 1.807) is 0 Å². The fourth-order valence-corrected chi connectivity index (χ4v) is 2.71. The van der Waals surface area contributed by atoms with Crippen molar-refractivity contribution in [1.29, 1.82) is 0 Å². The van der Waals surface area contributed by atoms with Crippen LogP contribution in [0.25, 0.3) is 0 Å². The molecular weight excluding hydrogens is 272 g/mol. The molecule has 0 radical (unpaired) electrons. The molecule has 1 aromatic rings. The second-order valence-corrected chi connectivity index (χ2v) is 5.57. The Morgan fingerprint density at radius 2 is 2.20 bits per heavy atom. The van der Waals surface area contributed by atoms with Gasteiger partial charge in [0.05, 0.1) is 6.54 Å². The fraction of sp³-hybridized carbons (Fsp3) is 0.533. The maximum absolute atomic E-state index is 5.91. The lowest BCUT2D eigenvalue weighted by Gasteiger charge is -2.23. The summed E-state index contributed by atoms with van der Waals surface area (Å²) in [5, 5.41) is 3.97. The molecule has 110 valence electrons. The lowest BCUT2D eigenvalue weighted by molar-refractivity contribution is 0.267. The van der Waals surface area contributed by atoms with Crippen molar-refractivity contribution in [2.24, 2.45) is 10.7 Å². The van der Waals surface area contributed by atoms with Crippen molar-refractivity contribution in [2.45, 2.75) is 32.4 Å². The Hall–Kier alpha value is -1.26. The van der Waals surface area contributed by atoms with Crippen LogP contribution in [0.4, 0.5) is 0 Å². The first-order valence-corrected chi connectivity index (χ1v) is 7.59. The second-order valence-electron chi connectivity index (χ2n) is 5.13. The summed E-state index contributed by atoms with van der Waals surface area (Å²) in [6, 6.07) is 8.26. The molecule has 3 N–H and O–H groups in total. The minimum absolute atomic E-state index is 0.517. The van der Waals surface area contributed by atoms with Gasteiger partial charge in [0, 0.05) is 17.6 Å². The molecule has 4 nitrogen and oxygen atoms in total. The number of hydrogen-bond donors (Lipinski definition) is 2. The first kappa shape index (κ1) is 15.1. The topological polar surface area (TPSA) is 53.6 Å². The zero-order valence-corrected chi connectivity index (χ0v) is 12.7. The van der Waals surface area contributed by atoms with Gasteiger partial charge in [-0.25, -0.2) is 4.99 Å². The van der Waals surface area contributed by atoms with Crippen LogP contribution in [0.5, 0.6) is 0 Å². The molecule has 0 aromatic heterocycles. The van der Waals surface area contributed by atoms with E-state index in [0.29, 0.717) is 18.5 Å². The summed E-state index contributed by atoms with van der Waals surface area (Å²) >= 11 is 5.85. The Morgan fingerprint density at radius 3 is 2.90 bits per heavy atom. The SMILES string of the molecule is CCN1CCCC1CNC(N)=NCc1ccc(Cl)cc1. The van der Waals surface area contributed by atoms with Gasteiger partial charge in [-0.2, -0.15) is 0 Å². The number of rotatable bonds is 5. The lowest BCUT2D eigenvalue weighted by atomic mass is 10.2. The predicted octanol–water partition coefficient (Wildman–Crippen LogP) is 2.23. The molecule has 1 aliphatic heterocycles. The lowest BCUT2D eigenvalue weighted by Crippen LogP contribution is -2.42. The highest BCUT2D eigenvalue weighted by Gasteiger charge is 2.22. The third-order valence-corrected chi connectivity index (χ3v) is 4.02. The summed E-state index contributed by atoms with van der Waals surface area (Å²) in [7, 11) is 0. The van der Waals surface area contributed by atoms with Crippen molar-refractivity contribution < 1.29 is 0 Å². The van der Waals surface area contributed by atoms with E-state index < -0.39 is 0 Å². The molecule has 0 spiro atoms. The van der Waals surface area contributed by atoms with Gasteiger partial charge in [-0.05, 0) is 43.6 Å². The van der Waals surface area contributed by atoms with E-state index >= 15 is 0 Å². The van der Waals surface area contributed by atoms with Crippen molar-refractivity contribution in [1.82, 2.24) is 10.2 Å². The molecule has 1 aromatic carbocycles. The molecule has 0 bridgehead atoms. The van der Waals surface area contributed by atoms with E-state index in [1.165, 1.54) is 19.4 Å². The van der Waals surface area contributed by atoms with Crippen LogP contribution in [-0.2, 0) is 6.54 Å². The van der Waals surface area contributed by atoms with Gasteiger partial charge in [0.25, 0.3) is 0 Å². The maximum Gasteiger partial charge on any atom is 0.188 e. The van der Waals surface area contributed by atoms with Crippen LogP contribution in [0.1, 0.15) is 25.3 Å². The smallest absolute Gasteiger partial charge is 0.188 e. The number of nitrogens with one attached hydrogen (secondary N) is 1. The average molecular weight is 295 g/mol. The quantitative estimate of drug-likeness (QED) is 0.647. The van der Waals surface area contributed by atoms with Crippen LogP contribution >= 0.6 is 11.6 Å². The molecular formula is C15H23ClN4. The van der Waals surface area contributed by atoms with Crippen LogP contribution in [0.15, 0.2) is 29.3 Å². The maximum atomic E-state index is 5.91. The molecule has 1 heterocycles. The van der Waals surface area contributed by atoms with Crippen molar-refractivity contribution in [2.75, 3.05) is 19.6 Å². The fourth-order valence-electron chi connectivity index (χ4n) is 2.59. The highest BCUT2D eigenvalue weighted by Crippen LogP contribution is 2.15. The van der Waals surface area contributed by atoms with E-state index in [2.05, 4.69) is 22.1 Å². The summed E-state index contributed by atoms with van der Waals surface area (Å²) in [5.74, 6) is 0.517. The molecule has 20 heavy (non-hydrogen) atoms. The summed E-state index contributed by atoms with van der Waals surface area (Å²) in [5.41, 5.74) is 7.02. The van der Waals surface area contributed by atoms with Crippen LogP contribution in [0, 0.1) is 0 Å². The molecule has 5 heteroatoms. The van der Waals surface area contributed by atoms with E-state index in [-0.39, 0.29) is 0 Å². The molecule has 0 saturated carbocycles. The molecule has 1 unspecified atom stereocenters. The van der Waals surface area contributed by atoms with Gasteiger partial charge in [0.1, 0.15) is 0 Å². The number of aliphatic imine (C=N–C) groups is 1. The normalized spacial score (nSPS) is 20.3. The van der Waals surface area contributed by atoms with Gasteiger partial charge >= 0.3 is 0 Å². The minimum atomic E-state index is 0.517. The molecule has 1 aliphatic rings. The first-order chi connectivity index (χ1) is 9.69. The Morgan fingerprint density at radius 1 is 1.45 bits per heavy atom.